The Kier molecular flexibility index (Phi) is 6.52. The van der Waals surface area contributed by atoms with Crippen molar-refractivity contribution in [3.63, 3.8) is 0 Å². The molecule has 1 aliphatic rings. The lowest BCUT2D eigenvalue weighted by molar-refractivity contribution is -0.197. The first-order valence-corrected chi connectivity index (χ1v) is 7.12. The van der Waals surface area contributed by atoms with Gasteiger partial charge in [-0.3, -0.25) is 19.2 Å². The van der Waals surface area contributed by atoms with Gasteiger partial charge in [-0.25, -0.2) is 4.79 Å². The fraction of sp³-hybridized carbons (Fsp3) is 0.545. The number of carboxylic acid groups (broad SMARTS) is 1. The average Bonchev–Trinajstić information content (AvgIpc) is 2.69. The highest BCUT2D eigenvalue weighted by Crippen LogP contribution is 2.13. The number of carbonyl (C=O) groups excluding carboxylic acids is 4. The second-order valence-corrected chi connectivity index (χ2v) is 5.10. The first-order chi connectivity index (χ1) is 9.81. The molecule has 0 aromatic heterocycles. The normalized spacial score (nSPS) is 14.2. The van der Waals surface area contributed by atoms with Crippen LogP contribution in [0.5, 0.6) is 0 Å². The Bertz CT molecular complexity index is 463. The molecule has 0 aromatic rings. The van der Waals surface area contributed by atoms with Crippen LogP contribution in [0.15, 0.2) is 0 Å². The molecule has 1 aliphatic heterocycles. The van der Waals surface area contributed by atoms with E-state index in [2.05, 4.69) is 4.84 Å². The second kappa shape index (κ2) is 7.90. The van der Waals surface area contributed by atoms with E-state index in [4.69, 9.17) is 5.11 Å². The number of hydrogen-bond donors (Lipinski definition) is 1. The summed E-state index contributed by atoms with van der Waals surface area (Å²) in [6.07, 6.45) is -0.482. The van der Waals surface area contributed by atoms with Crippen LogP contribution in [0, 0.1) is 0 Å². The zero-order chi connectivity index (χ0) is 16.0. The molecule has 0 radical (unpaired) electrons. The minimum absolute atomic E-state index is 0.00306. The number of rotatable bonds is 7. The van der Waals surface area contributed by atoms with Gasteiger partial charge in [0.25, 0.3) is 15.7 Å². The van der Waals surface area contributed by atoms with Crippen LogP contribution >= 0.6 is 22.6 Å². The molecular formula is C11H13IN2O7. The highest BCUT2D eigenvalue weighted by Gasteiger charge is 2.32. The second-order valence-electron chi connectivity index (χ2n) is 4.18. The third kappa shape index (κ3) is 5.65. The molecule has 3 amide bonds. The van der Waals surface area contributed by atoms with Gasteiger partial charge in [-0.2, -0.15) is 0 Å². The molecule has 1 saturated heterocycles. The Labute approximate surface area is 133 Å². The molecule has 1 heterocycles. The standard InChI is InChI=1S/C11H13IN2O7/c12-11(20)13(5-3-9(17)18)6-4-10(19)21-14-7(15)1-2-8(14)16/h1-6H2,(H,17,18). The van der Waals surface area contributed by atoms with E-state index in [1.165, 1.54) is 27.5 Å². The van der Waals surface area contributed by atoms with Crippen LogP contribution in [0.4, 0.5) is 4.79 Å². The van der Waals surface area contributed by atoms with Crippen LogP contribution in [0.25, 0.3) is 0 Å². The summed E-state index contributed by atoms with van der Waals surface area (Å²) in [5.41, 5.74) is 0. The average molecular weight is 412 g/mol. The Morgan fingerprint density at radius 1 is 1.14 bits per heavy atom. The van der Waals surface area contributed by atoms with E-state index in [0.29, 0.717) is 5.06 Å². The highest BCUT2D eigenvalue weighted by molar-refractivity contribution is 14.1. The maximum Gasteiger partial charge on any atom is 0.334 e. The van der Waals surface area contributed by atoms with Crippen molar-refractivity contribution in [2.45, 2.75) is 25.7 Å². The predicted octanol–water partition coefficient (Wildman–Crippen LogP) is 0.315. The van der Waals surface area contributed by atoms with Crippen LogP contribution in [0.2, 0.25) is 0 Å². The Balaban J connectivity index is 2.42. The van der Waals surface area contributed by atoms with Gasteiger partial charge in [-0.15, -0.1) is 5.06 Å². The molecule has 116 valence electrons. The molecule has 21 heavy (non-hydrogen) atoms. The van der Waals surface area contributed by atoms with Gasteiger partial charge < -0.3 is 14.8 Å². The molecule has 0 bridgehead atoms. The lowest BCUT2D eigenvalue weighted by Crippen LogP contribution is -2.35. The number of hydroxylamine groups is 2. The number of nitrogens with zero attached hydrogens (tertiary/aromatic N) is 2. The highest BCUT2D eigenvalue weighted by atomic mass is 127. The molecule has 0 spiro atoms. The van der Waals surface area contributed by atoms with Crippen molar-refractivity contribution in [2.75, 3.05) is 13.1 Å². The maximum atomic E-state index is 11.5. The summed E-state index contributed by atoms with van der Waals surface area (Å²) in [6.45, 7) is -0.0872. The molecule has 0 unspecified atom stereocenters. The molecule has 0 atom stereocenters. The van der Waals surface area contributed by atoms with Crippen molar-refractivity contribution in [3.05, 3.63) is 0 Å². The Morgan fingerprint density at radius 3 is 2.14 bits per heavy atom. The van der Waals surface area contributed by atoms with E-state index in [-0.39, 0.29) is 38.8 Å². The fourth-order valence-corrected chi connectivity index (χ4v) is 2.03. The molecule has 0 aliphatic carbocycles. The molecule has 0 saturated carbocycles. The maximum absolute atomic E-state index is 11.5. The van der Waals surface area contributed by atoms with E-state index >= 15 is 0 Å². The van der Waals surface area contributed by atoms with E-state index in [9.17, 15) is 24.0 Å². The summed E-state index contributed by atoms with van der Waals surface area (Å²) in [6, 6.07) is 0. The summed E-state index contributed by atoms with van der Waals surface area (Å²) < 4.78 is -0.407. The first-order valence-electron chi connectivity index (χ1n) is 6.04. The molecular weight excluding hydrogens is 399 g/mol. The number of aliphatic carboxylic acids is 1. The van der Waals surface area contributed by atoms with Crippen LogP contribution in [0.3, 0.4) is 0 Å². The third-order valence-electron chi connectivity index (χ3n) is 2.63. The Hall–Kier alpha value is -1.72. The zero-order valence-electron chi connectivity index (χ0n) is 10.9. The van der Waals surface area contributed by atoms with Crippen LogP contribution in [-0.2, 0) is 24.0 Å². The quantitative estimate of drug-likeness (QED) is 0.277. The minimum atomic E-state index is -1.06. The molecule has 1 fully saturated rings. The minimum Gasteiger partial charge on any atom is -0.481 e. The topological polar surface area (TPSA) is 121 Å². The van der Waals surface area contributed by atoms with Crippen LogP contribution in [0.1, 0.15) is 25.7 Å². The summed E-state index contributed by atoms with van der Waals surface area (Å²) >= 11 is 1.48. The van der Waals surface area contributed by atoms with Gasteiger partial charge in [0, 0.05) is 48.5 Å². The van der Waals surface area contributed by atoms with E-state index in [1.807, 2.05) is 0 Å². The zero-order valence-corrected chi connectivity index (χ0v) is 13.1. The molecule has 1 rings (SSSR count). The van der Waals surface area contributed by atoms with Gasteiger partial charge in [0.15, 0.2) is 0 Å². The van der Waals surface area contributed by atoms with Crippen LogP contribution in [-0.4, -0.2) is 55.8 Å². The number of hydrogen-bond acceptors (Lipinski definition) is 6. The van der Waals surface area contributed by atoms with Gasteiger partial charge in [-0.1, -0.05) is 0 Å². The SMILES string of the molecule is O=C(O)CCN(CCC(=O)ON1C(=O)CCC1=O)C(=O)I. The molecule has 0 aromatic carbocycles. The van der Waals surface area contributed by atoms with Gasteiger partial charge in [0.2, 0.25) is 0 Å². The van der Waals surface area contributed by atoms with E-state index < -0.39 is 27.7 Å². The largest absolute Gasteiger partial charge is 0.481 e. The van der Waals surface area contributed by atoms with Crippen molar-refractivity contribution < 1.29 is 33.9 Å². The number of amides is 3. The van der Waals surface area contributed by atoms with Gasteiger partial charge in [0.1, 0.15) is 0 Å². The van der Waals surface area contributed by atoms with Crippen molar-refractivity contribution >= 4 is 50.3 Å². The third-order valence-corrected chi connectivity index (χ3v) is 3.31. The Morgan fingerprint density at radius 2 is 1.67 bits per heavy atom. The first kappa shape index (κ1) is 17.3. The summed E-state index contributed by atoms with van der Waals surface area (Å²) in [5, 5.41) is 8.98. The summed E-state index contributed by atoms with van der Waals surface area (Å²) in [5.74, 6) is -3.06. The van der Waals surface area contributed by atoms with E-state index in [1.54, 1.807) is 0 Å². The number of carbonyl (C=O) groups is 5. The summed E-state index contributed by atoms with van der Waals surface area (Å²) in [7, 11) is 0. The predicted molar refractivity (Wildman–Crippen MR) is 75.0 cm³/mol. The van der Waals surface area contributed by atoms with E-state index in [0.717, 1.165) is 0 Å². The van der Waals surface area contributed by atoms with Gasteiger partial charge >= 0.3 is 11.9 Å². The van der Waals surface area contributed by atoms with Gasteiger partial charge in [0.05, 0.1) is 12.8 Å². The van der Waals surface area contributed by atoms with Gasteiger partial charge in [-0.05, 0) is 0 Å². The van der Waals surface area contributed by atoms with Crippen molar-refractivity contribution in [3.8, 4) is 0 Å². The van der Waals surface area contributed by atoms with Crippen LogP contribution < -0.4 is 0 Å². The molecule has 10 heteroatoms. The lowest BCUT2D eigenvalue weighted by Gasteiger charge is -2.19. The van der Waals surface area contributed by atoms with Crippen molar-refractivity contribution in [2.24, 2.45) is 0 Å². The number of halogens is 1. The van der Waals surface area contributed by atoms with Crippen molar-refractivity contribution in [1.82, 2.24) is 9.96 Å². The lowest BCUT2D eigenvalue weighted by atomic mass is 10.3. The van der Waals surface area contributed by atoms with Crippen molar-refractivity contribution in [1.29, 1.82) is 0 Å². The number of imide groups is 1. The fourth-order valence-electron chi connectivity index (χ4n) is 1.55. The monoisotopic (exact) mass is 412 g/mol. The summed E-state index contributed by atoms with van der Waals surface area (Å²) in [4.78, 5) is 61.5. The smallest absolute Gasteiger partial charge is 0.334 e. The molecule has 1 N–H and O–H groups in total. The molecule has 9 nitrogen and oxygen atoms in total. The number of carboxylic acids is 1.